The summed E-state index contributed by atoms with van der Waals surface area (Å²) in [4.78, 5) is 0. The third kappa shape index (κ3) is 12.7. The minimum Gasteiger partial charge on any atom is -0.210 e. The highest BCUT2D eigenvalue weighted by Gasteiger charge is 2.57. The summed E-state index contributed by atoms with van der Waals surface area (Å²) in [5, 5.41) is 35.8. The molecule has 12 heteroatoms. The molecular weight excluding hydrogens is 560 g/mol. The molecule has 0 fully saturated rings. The zero-order valence-corrected chi connectivity index (χ0v) is 26.8. The molecule has 0 aromatic carbocycles. The first-order valence-electron chi connectivity index (χ1n) is 15.1. The van der Waals surface area contributed by atoms with Crippen LogP contribution in [0.1, 0.15) is 129 Å². The predicted molar refractivity (Wildman–Crippen MR) is 161 cm³/mol. The van der Waals surface area contributed by atoms with Crippen LogP contribution < -0.4 is 0 Å². The SMILES string of the molecule is CCCCC(CCCC)(S(=O)(=O)N(CCCCC#N)CCCCC#N)S(=O)(=O)N(CCCCC#N)CCCCC#N. The number of nitriles is 4. The van der Waals surface area contributed by atoms with Gasteiger partial charge in [-0.3, -0.25) is 0 Å². The Labute approximate surface area is 250 Å². The Bertz CT molecular complexity index is 966. The molecule has 10 nitrogen and oxygen atoms in total. The Morgan fingerprint density at radius 1 is 0.488 bits per heavy atom. The summed E-state index contributed by atoms with van der Waals surface area (Å²) in [7, 11) is -8.77. The second kappa shape index (κ2) is 22.4. The Morgan fingerprint density at radius 2 is 0.756 bits per heavy atom. The Balaban J connectivity index is 6.84. The molecular formula is C29H50N6O4S2. The van der Waals surface area contributed by atoms with Gasteiger partial charge in [-0.25, -0.2) is 25.4 Å². The molecule has 0 aliphatic carbocycles. The molecule has 0 amide bonds. The first-order valence-corrected chi connectivity index (χ1v) is 18.0. The summed E-state index contributed by atoms with van der Waals surface area (Å²) < 4.78 is 59.4. The molecule has 41 heavy (non-hydrogen) atoms. The van der Waals surface area contributed by atoms with Crippen molar-refractivity contribution in [3.63, 3.8) is 0 Å². The quantitative estimate of drug-likeness (QED) is 0.106. The van der Waals surface area contributed by atoms with Gasteiger partial charge in [0.1, 0.15) is 0 Å². The molecule has 0 rings (SSSR count). The Hall–Kier alpha value is -2.22. The van der Waals surface area contributed by atoms with E-state index >= 15 is 0 Å². The van der Waals surface area contributed by atoms with Crippen LogP contribution in [0.25, 0.3) is 0 Å². The molecule has 232 valence electrons. The van der Waals surface area contributed by atoms with Crippen molar-refractivity contribution in [3.8, 4) is 24.3 Å². The van der Waals surface area contributed by atoms with Gasteiger partial charge < -0.3 is 0 Å². The Kier molecular flexibility index (Phi) is 21.2. The molecule has 0 spiro atoms. The van der Waals surface area contributed by atoms with E-state index in [0.29, 0.717) is 77.0 Å². The van der Waals surface area contributed by atoms with Gasteiger partial charge in [0, 0.05) is 51.9 Å². The number of nitrogens with zero attached hydrogens (tertiary/aromatic N) is 6. The number of rotatable bonds is 26. The molecule has 0 radical (unpaired) electrons. The number of sulfonamides is 2. The van der Waals surface area contributed by atoms with Gasteiger partial charge in [0.2, 0.25) is 24.1 Å². The maximum Gasteiger partial charge on any atom is 0.235 e. The first-order chi connectivity index (χ1) is 19.7. The van der Waals surface area contributed by atoms with Gasteiger partial charge in [-0.1, -0.05) is 39.5 Å². The van der Waals surface area contributed by atoms with E-state index in [1.807, 2.05) is 13.8 Å². The van der Waals surface area contributed by atoms with E-state index in [2.05, 4.69) is 24.3 Å². The number of hydrogen-bond donors (Lipinski definition) is 0. The molecule has 0 unspecified atom stereocenters. The highest BCUT2D eigenvalue weighted by atomic mass is 32.3. The lowest BCUT2D eigenvalue weighted by Crippen LogP contribution is -2.58. The van der Waals surface area contributed by atoms with Crippen molar-refractivity contribution in [1.82, 2.24) is 8.61 Å². The van der Waals surface area contributed by atoms with Crippen LogP contribution in [0.2, 0.25) is 0 Å². The van der Waals surface area contributed by atoms with Gasteiger partial charge in [-0.05, 0) is 64.2 Å². The molecule has 0 saturated heterocycles. The second-order valence-electron chi connectivity index (χ2n) is 10.4. The number of unbranched alkanes of at least 4 members (excludes halogenated alkanes) is 10. The fourth-order valence-corrected chi connectivity index (χ4v) is 10.5. The average molecular weight is 611 g/mol. The summed E-state index contributed by atoms with van der Waals surface area (Å²) in [6.45, 7) is 4.31. The standard InChI is InChI=1S/C29H50N6O4S2/c1-3-5-19-29(20-6-4-2,40(36,37)34(25-15-7-11-21-30)26-16-8-12-22-31)41(38,39)35(27-17-9-13-23-32)28-18-10-14-24-33/h3-20,25-28H2,1-2H3. The molecule has 0 aromatic heterocycles. The van der Waals surface area contributed by atoms with Crippen molar-refractivity contribution in [3.05, 3.63) is 0 Å². The third-order valence-corrected chi connectivity index (χ3v) is 13.3. The van der Waals surface area contributed by atoms with E-state index in [1.54, 1.807) is 0 Å². The molecule has 0 atom stereocenters. The highest BCUT2D eigenvalue weighted by molar-refractivity contribution is 8.08. The van der Waals surface area contributed by atoms with E-state index in [4.69, 9.17) is 21.0 Å². The summed E-state index contributed by atoms with van der Waals surface area (Å²) in [5.74, 6) is 0. The zero-order chi connectivity index (χ0) is 31.0. The van der Waals surface area contributed by atoms with Crippen molar-refractivity contribution >= 4 is 20.0 Å². The van der Waals surface area contributed by atoms with Gasteiger partial charge in [0.05, 0.1) is 24.3 Å². The van der Waals surface area contributed by atoms with E-state index in [9.17, 15) is 16.8 Å². The highest BCUT2D eigenvalue weighted by Crippen LogP contribution is 2.41. The van der Waals surface area contributed by atoms with E-state index < -0.39 is 24.1 Å². The van der Waals surface area contributed by atoms with Gasteiger partial charge >= 0.3 is 0 Å². The van der Waals surface area contributed by atoms with Gasteiger partial charge in [0.25, 0.3) is 0 Å². The fourth-order valence-electron chi connectivity index (χ4n) is 4.81. The lowest BCUT2D eigenvalue weighted by atomic mass is 10.1. The van der Waals surface area contributed by atoms with Crippen LogP contribution in [-0.2, 0) is 20.0 Å². The molecule has 0 aliphatic heterocycles. The van der Waals surface area contributed by atoms with Crippen LogP contribution in [0, 0.1) is 45.3 Å². The van der Waals surface area contributed by atoms with Crippen molar-refractivity contribution in [2.45, 2.75) is 134 Å². The van der Waals surface area contributed by atoms with Crippen molar-refractivity contribution in [2.75, 3.05) is 26.2 Å². The summed E-state index contributed by atoms with van der Waals surface area (Å²) in [5.41, 5.74) is 0. The van der Waals surface area contributed by atoms with E-state index in [0.717, 1.165) is 0 Å². The largest absolute Gasteiger partial charge is 0.235 e. The van der Waals surface area contributed by atoms with Gasteiger partial charge in [-0.15, -0.1) is 0 Å². The molecule has 0 aromatic rings. The molecule has 0 aliphatic rings. The smallest absolute Gasteiger partial charge is 0.210 e. The number of hydrogen-bond acceptors (Lipinski definition) is 8. The average Bonchev–Trinajstić information content (AvgIpc) is 2.95. The molecule has 0 N–H and O–H groups in total. The zero-order valence-electron chi connectivity index (χ0n) is 25.2. The summed E-state index contributed by atoms with van der Waals surface area (Å²) in [6.07, 6.45) is 7.02. The van der Waals surface area contributed by atoms with Crippen LogP contribution in [0.5, 0.6) is 0 Å². The molecule has 0 bridgehead atoms. The molecule has 0 heterocycles. The lowest BCUT2D eigenvalue weighted by Gasteiger charge is -2.41. The fraction of sp³-hybridized carbons (Fsp3) is 0.862. The van der Waals surface area contributed by atoms with Crippen LogP contribution >= 0.6 is 0 Å². The normalized spacial score (nSPS) is 12.1. The lowest BCUT2D eigenvalue weighted by molar-refractivity contribution is 0.348. The minimum atomic E-state index is -4.38. The first kappa shape index (κ1) is 38.8. The monoisotopic (exact) mass is 610 g/mol. The maximum absolute atomic E-state index is 14.7. The third-order valence-electron chi connectivity index (χ3n) is 7.23. The van der Waals surface area contributed by atoms with Gasteiger partial charge in [0.15, 0.2) is 0 Å². The molecule has 0 saturated carbocycles. The topological polar surface area (TPSA) is 170 Å². The predicted octanol–water partition coefficient (Wildman–Crippen LogP) is 6.10. The van der Waals surface area contributed by atoms with Crippen molar-refractivity contribution in [2.24, 2.45) is 0 Å². The van der Waals surface area contributed by atoms with E-state index in [1.165, 1.54) is 8.61 Å². The minimum absolute atomic E-state index is 0.0199. The van der Waals surface area contributed by atoms with Crippen LogP contribution in [0.3, 0.4) is 0 Å². The second-order valence-corrected chi connectivity index (χ2v) is 15.1. The van der Waals surface area contributed by atoms with Crippen molar-refractivity contribution < 1.29 is 16.8 Å². The van der Waals surface area contributed by atoms with Gasteiger partial charge in [-0.2, -0.15) is 21.0 Å². The van der Waals surface area contributed by atoms with Crippen LogP contribution in [-0.4, -0.2) is 55.7 Å². The summed E-state index contributed by atoms with van der Waals surface area (Å²) >= 11 is 0. The van der Waals surface area contributed by atoms with Crippen molar-refractivity contribution in [1.29, 1.82) is 21.0 Å². The van der Waals surface area contributed by atoms with Crippen LogP contribution in [0.15, 0.2) is 0 Å². The maximum atomic E-state index is 14.7. The summed E-state index contributed by atoms with van der Waals surface area (Å²) in [6, 6.07) is 8.30. The van der Waals surface area contributed by atoms with E-state index in [-0.39, 0.29) is 64.7 Å². The van der Waals surface area contributed by atoms with Crippen LogP contribution in [0.4, 0.5) is 0 Å². The Morgan fingerprint density at radius 3 is 0.976 bits per heavy atom.